The van der Waals surface area contributed by atoms with E-state index in [-0.39, 0.29) is 16.9 Å². The summed E-state index contributed by atoms with van der Waals surface area (Å²) in [5.74, 6) is 0.344. The van der Waals surface area contributed by atoms with Crippen LogP contribution in [0.25, 0.3) is 0 Å². The van der Waals surface area contributed by atoms with Crippen molar-refractivity contribution in [3.63, 3.8) is 0 Å². The number of carboxylic acid groups (broad SMARTS) is 2. The van der Waals surface area contributed by atoms with Gasteiger partial charge in [0.15, 0.2) is 11.4 Å². The topological polar surface area (TPSA) is 150 Å². The minimum Gasteiger partial charge on any atom is -0.496 e. The highest BCUT2D eigenvalue weighted by Gasteiger charge is 2.12. The maximum Gasteiger partial charge on any atom is 0.354 e. The molecule has 2 heterocycles. The molecule has 0 saturated carbocycles. The summed E-state index contributed by atoms with van der Waals surface area (Å²) in [6.07, 6.45) is 6.95. The number of ether oxygens (including phenoxy) is 2. The van der Waals surface area contributed by atoms with Crippen LogP contribution < -0.4 is 9.47 Å². The van der Waals surface area contributed by atoms with Crippen LogP contribution in [0, 0.1) is 11.8 Å². The average Bonchev–Trinajstić information content (AvgIpc) is 2.76. The lowest BCUT2D eigenvalue weighted by Gasteiger charge is -2.09. The van der Waals surface area contributed by atoms with Crippen LogP contribution in [0.4, 0.5) is 0 Å². The predicted molar refractivity (Wildman–Crippen MR) is 125 cm³/mol. The second-order valence-electron chi connectivity index (χ2n) is 8.24. The molecule has 4 N–H and O–H groups in total. The molecule has 2 rings (SSSR count). The average molecular weight is 465 g/mol. The fourth-order valence-corrected chi connectivity index (χ4v) is 2.81. The van der Waals surface area contributed by atoms with Crippen molar-refractivity contribution in [1.29, 1.82) is 0 Å². The number of hydrogen-bond acceptors (Lipinski definition) is 6. The van der Waals surface area contributed by atoms with Crippen LogP contribution in [-0.2, 0) is 12.8 Å². The first kappa shape index (κ1) is 29.8. The van der Waals surface area contributed by atoms with E-state index in [4.69, 9.17) is 19.7 Å². The molecule has 2 aromatic heterocycles. The molecule has 9 nitrogen and oxygen atoms in total. The number of pyridine rings is 2. The third-order valence-corrected chi connectivity index (χ3v) is 4.75. The van der Waals surface area contributed by atoms with E-state index in [1.54, 1.807) is 26.6 Å². The lowest BCUT2D eigenvalue weighted by Crippen LogP contribution is -2.03. The summed E-state index contributed by atoms with van der Waals surface area (Å²) in [5, 5.41) is 17.6. The molecule has 0 fully saturated rings. The van der Waals surface area contributed by atoms with Gasteiger partial charge in [0.05, 0.1) is 14.2 Å². The fourth-order valence-electron chi connectivity index (χ4n) is 2.81. The summed E-state index contributed by atoms with van der Waals surface area (Å²) in [4.78, 5) is 29.2. The molecule has 0 saturated heterocycles. The van der Waals surface area contributed by atoms with Crippen LogP contribution >= 0.6 is 0 Å². The first-order valence-electron chi connectivity index (χ1n) is 10.6. The number of nitrogens with zero attached hydrogens (tertiary/aromatic N) is 2. The van der Waals surface area contributed by atoms with Crippen LogP contribution in [0.1, 0.15) is 72.6 Å². The number of methoxy groups -OCH3 is 2. The van der Waals surface area contributed by atoms with E-state index >= 15 is 0 Å². The van der Waals surface area contributed by atoms with Gasteiger partial charge in [-0.25, -0.2) is 19.6 Å². The number of carbonyl (C=O) groups is 2. The Morgan fingerprint density at radius 1 is 0.788 bits per heavy atom. The molecule has 2 aromatic rings. The van der Waals surface area contributed by atoms with Gasteiger partial charge in [-0.15, -0.1) is 0 Å². The van der Waals surface area contributed by atoms with Gasteiger partial charge in [-0.05, 0) is 37.5 Å². The molecule has 33 heavy (non-hydrogen) atoms. The molecule has 0 spiro atoms. The summed E-state index contributed by atoms with van der Waals surface area (Å²) < 4.78 is 10.3. The van der Waals surface area contributed by atoms with Gasteiger partial charge >= 0.3 is 11.9 Å². The van der Waals surface area contributed by atoms with Gasteiger partial charge < -0.3 is 25.2 Å². The second-order valence-corrected chi connectivity index (χ2v) is 8.24. The SMILES string of the molecule is COc1cc(C(=O)O)ncc1CCC(C)C.COc1cc(C(=O)O)ncc1CCC(C)C.O. The Hall–Kier alpha value is -3.20. The summed E-state index contributed by atoms with van der Waals surface area (Å²) >= 11 is 0. The molecule has 0 aliphatic rings. The zero-order valence-corrected chi connectivity index (χ0v) is 20.2. The lowest BCUT2D eigenvalue weighted by molar-refractivity contribution is 0.0679. The van der Waals surface area contributed by atoms with Crippen molar-refractivity contribution < 1.29 is 34.8 Å². The largest absolute Gasteiger partial charge is 0.496 e. The smallest absolute Gasteiger partial charge is 0.354 e. The van der Waals surface area contributed by atoms with Gasteiger partial charge in [-0.1, -0.05) is 27.7 Å². The maximum atomic E-state index is 10.7. The number of aromatic nitrogens is 2. The van der Waals surface area contributed by atoms with Gasteiger partial charge in [0.2, 0.25) is 0 Å². The van der Waals surface area contributed by atoms with Crippen molar-refractivity contribution in [3.05, 3.63) is 47.0 Å². The Morgan fingerprint density at radius 2 is 1.12 bits per heavy atom. The normalized spacial score (nSPS) is 10.2. The van der Waals surface area contributed by atoms with Crippen molar-refractivity contribution in [1.82, 2.24) is 9.97 Å². The Bertz CT molecular complexity index is 825. The molecule has 0 bridgehead atoms. The van der Waals surface area contributed by atoms with Crippen molar-refractivity contribution in [3.8, 4) is 11.5 Å². The molecule has 0 aliphatic carbocycles. The van der Waals surface area contributed by atoms with Crippen LogP contribution in [0.3, 0.4) is 0 Å². The van der Waals surface area contributed by atoms with Crippen molar-refractivity contribution in [2.24, 2.45) is 11.8 Å². The summed E-state index contributed by atoms with van der Waals surface area (Å²) in [7, 11) is 3.08. The monoisotopic (exact) mass is 464 g/mol. The molecule has 184 valence electrons. The van der Waals surface area contributed by atoms with E-state index < -0.39 is 11.9 Å². The quantitative estimate of drug-likeness (QED) is 0.537. The van der Waals surface area contributed by atoms with E-state index in [0.29, 0.717) is 23.3 Å². The van der Waals surface area contributed by atoms with Crippen LogP contribution in [0.2, 0.25) is 0 Å². The zero-order valence-electron chi connectivity index (χ0n) is 20.2. The van der Waals surface area contributed by atoms with Crippen molar-refractivity contribution in [2.75, 3.05) is 14.2 Å². The highest BCUT2D eigenvalue weighted by molar-refractivity contribution is 5.86. The summed E-state index contributed by atoms with van der Waals surface area (Å²) in [6.45, 7) is 8.58. The molecular formula is C24H36N2O7. The number of aryl methyl sites for hydroxylation is 2. The molecule has 0 radical (unpaired) electrons. The van der Waals surface area contributed by atoms with E-state index in [0.717, 1.165) is 36.8 Å². The Morgan fingerprint density at radius 3 is 1.36 bits per heavy atom. The number of hydrogen-bond donors (Lipinski definition) is 2. The minimum absolute atomic E-state index is 0. The highest BCUT2D eigenvalue weighted by atomic mass is 16.5. The summed E-state index contributed by atoms with van der Waals surface area (Å²) in [5.41, 5.74) is 1.96. The second kappa shape index (κ2) is 14.8. The standard InChI is InChI=1S/2C12H17NO3.H2O/c2*1-8(2)4-5-9-7-13-10(12(14)15)6-11(9)16-3;/h2*6-8H,4-5H2,1-3H3,(H,14,15);1H2. The third kappa shape index (κ3) is 10.3. The Labute approximate surface area is 195 Å². The molecule has 0 unspecified atom stereocenters. The van der Waals surface area contributed by atoms with Gasteiger partial charge in [0, 0.05) is 35.7 Å². The van der Waals surface area contributed by atoms with Gasteiger partial charge in [-0.3, -0.25) is 0 Å². The third-order valence-electron chi connectivity index (χ3n) is 4.75. The first-order valence-corrected chi connectivity index (χ1v) is 10.6. The Balaban J connectivity index is 0.000000602. The number of rotatable bonds is 10. The molecule has 9 heteroatoms. The maximum absolute atomic E-state index is 10.7. The van der Waals surface area contributed by atoms with E-state index in [2.05, 4.69) is 37.7 Å². The van der Waals surface area contributed by atoms with Gasteiger partial charge in [0.25, 0.3) is 0 Å². The molecule has 0 amide bonds. The number of carboxylic acids is 2. The molecule has 0 aliphatic heterocycles. The van der Waals surface area contributed by atoms with E-state index in [9.17, 15) is 9.59 Å². The molecular weight excluding hydrogens is 428 g/mol. The first-order chi connectivity index (χ1) is 15.1. The zero-order chi connectivity index (χ0) is 24.3. The number of aromatic carboxylic acids is 2. The highest BCUT2D eigenvalue weighted by Crippen LogP contribution is 2.22. The van der Waals surface area contributed by atoms with Crippen LogP contribution in [-0.4, -0.2) is 51.8 Å². The van der Waals surface area contributed by atoms with Crippen LogP contribution in [0.5, 0.6) is 11.5 Å². The predicted octanol–water partition coefficient (Wildman–Crippen LogP) is 3.93. The van der Waals surface area contributed by atoms with Crippen molar-refractivity contribution >= 4 is 11.9 Å². The van der Waals surface area contributed by atoms with E-state index in [1.807, 2.05) is 0 Å². The minimum atomic E-state index is -1.03. The summed E-state index contributed by atoms with van der Waals surface area (Å²) in [6, 6.07) is 2.94. The molecule has 0 atom stereocenters. The fraction of sp³-hybridized carbons (Fsp3) is 0.500. The Kier molecular flexibility index (Phi) is 13.4. The van der Waals surface area contributed by atoms with Gasteiger partial charge in [-0.2, -0.15) is 0 Å². The molecule has 0 aromatic carbocycles. The van der Waals surface area contributed by atoms with Gasteiger partial charge in [0.1, 0.15) is 11.5 Å². The van der Waals surface area contributed by atoms with Crippen LogP contribution in [0.15, 0.2) is 24.5 Å². The lowest BCUT2D eigenvalue weighted by atomic mass is 10.0. The van der Waals surface area contributed by atoms with E-state index in [1.165, 1.54) is 12.1 Å². The van der Waals surface area contributed by atoms with Crippen molar-refractivity contribution in [2.45, 2.75) is 53.4 Å².